The standard InChI is InChI=1S/C37H57NO2/c1-26(2)11-9-12-27(3)32-18-19-33-31-17-16-29-25-30(20-22-36(29,4)34(31)21-23-37(32,33)5)40-35(39)38-24-10-15-28-13-7-6-8-14-28/h6-8,13-14,16,26-27,30-34H,9-12,15,17-25H2,1-5H3,(H,38,39)/t27-,30+,31+,32?,33?,34+,36+,37-/m1/s1. The molecule has 4 aliphatic rings. The molecule has 4 aliphatic carbocycles. The maximum Gasteiger partial charge on any atom is 0.407 e. The van der Waals surface area contributed by atoms with Gasteiger partial charge in [-0.2, -0.15) is 0 Å². The average Bonchev–Trinajstić information content (AvgIpc) is 3.29. The van der Waals surface area contributed by atoms with Crippen molar-refractivity contribution in [1.29, 1.82) is 0 Å². The van der Waals surface area contributed by atoms with Gasteiger partial charge in [0.2, 0.25) is 0 Å². The highest BCUT2D eigenvalue weighted by Crippen LogP contribution is 2.67. The van der Waals surface area contributed by atoms with Crippen molar-refractivity contribution < 1.29 is 9.53 Å². The molecule has 8 atom stereocenters. The van der Waals surface area contributed by atoms with Gasteiger partial charge in [-0.3, -0.25) is 0 Å². The van der Waals surface area contributed by atoms with Gasteiger partial charge < -0.3 is 10.1 Å². The van der Waals surface area contributed by atoms with Crippen LogP contribution < -0.4 is 5.32 Å². The van der Waals surface area contributed by atoms with Gasteiger partial charge in [-0.15, -0.1) is 0 Å². The fourth-order valence-corrected chi connectivity index (χ4v) is 10.1. The number of rotatable bonds is 10. The zero-order valence-corrected chi connectivity index (χ0v) is 26.2. The number of allylic oxidation sites excluding steroid dienone is 1. The Morgan fingerprint density at radius 1 is 0.975 bits per heavy atom. The van der Waals surface area contributed by atoms with E-state index in [1.165, 1.54) is 63.4 Å². The lowest BCUT2D eigenvalue weighted by Gasteiger charge is -2.58. The maximum atomic E-state index is 12.6. The summed E-state index contributed by atoms with van der Waals surface area (Å²) in [6.45, 7) is 13.2. The van der Waals surface area contributed by atoms with E-state index < -0.39 is 0 Å². The van der Waals surface area contributed by atoms with E-state index in [0.29, 0.717) is 17.4 Å². The molecule has 5 rings (SSSR count). The van der Waals surface area contributed by atoms with Crippen molar-refractivity contribution in [3.8, 4) is 0 Å². The number of alkyl carbamates (subject to hydrolysis) is 1. The summed E-state index contributed by atoms with van der Waals surface area (Å²) in [5.74, 6) is 5.18. The Kier molecular flexibility index (Phi) is 9.37. The first-order valence-corrected chi connectivity index (χ1v) is 16.9. The van der Waals surface area contributed by atoms with Crippen molar-refractivity contribution in [2.24, 2.45) is 46.3 Å². The number of amides is 1. The summed E-state index contributed by atoms with van der Waals surface area (Å²) in [4.78, 5) is 12.6. The van der Waals surface area contributed by atoms with Crippen LogP contribution in [0.25, 0.3) is 0 Å². The lowest BCUT2D eigenvalue weighted by molar-refractivity contribution is -0.0581. The van der Waals surface area contributed by atoms with Crippen LogP contribution in [0.2, 0.25) is 0 Å². The van der Waals surface area contributed by atoms with Crippen molar-refractivity contribution in [2.45, 2.75) is 124 Å². The van der Waals surface area contributed by atoms with Gasteiger partial charge in [0, 0.05) is 13.0 Å². The Balaban J connectivity index is 1.14. The minimum absolute atomic E-state index is 0.0291. The van der Waals surface area contributed by atoms with Crippen molar-refractivity contribution in [3.63, 3.8) is 0 Å². The molecule has 0 heterocycles. The van der Waals surface area contributed by atoms with Crippen LogP contribution >= 0.6 is 0 Å². The SMILES string of the molecule is CC(C)CCC[C@@H](C)C1CCC2[C@@H]3CC=C4C[C@@H](OC(=O)NCCCc5ccccc5)CC[C@]4(C)[C@H]3CC[C@]12C. The Morgan fingerprint density at radius 2 is 1.77 bits per heavy atom. The van der Waals surface area contributed by atoms with Gasteiger partial charge in [0.1, 0.15) is 6.10 Å². The van der Waals surface area contributed by atoms with Crippen molar-refractivity contribution in [2.75, 3.05) is 6.54 Å². The Bertz CT molecular complexity index is 1020. The van der Waals surface area contributed by atoms with Gasteiger partial charge in [-0.1, -0.05) is 95.9 Å². The highest BCUT2D eigenvalue weighted by Gasteiger charge is 2.59. The van der Waals surface area contributed by atoms with E-state index in [0.717, 1.165) is 61.2 Å². The zero-order valence-electron chi connectivity index (χ0n) is 26.2. The van der Waals surface area contributed by atoms with Gasteiger partial charge in [-0.25, -0.2) is 4.79 Å². The third-order valence-electron chi connectivity index (χ3n) is 12.3. The molecular weight excluding hydrogens is 490 g/mol. The highest BCUT2D eigenvalue weighted by atomic mass is 16.6. The van der Waals surface area contributed by atoms with E-state index in [2.05, 4.69) is 70.3 Å². The number of fused-ring (bicyclic) bond motifs is 5. The summed E-state index contributed by atoms with van der Waals surface area (Å²) in [5, 5.41) is 3.01. The molecule has 3 fully saturated rings. The first kappa shape index (κ1) is 29.7. The molecular formula is C37H57NO2. The van der Waals surface area contributed by atoms with Crippen LogP contribution in [0.15, 0.2) is 42.0 Å². The highest BCUT2D eigenvalue weighted by molar-refractivity contribution is 5.67. The van der Waals surface area contributed by atoms with E-state index in [4.69, 9.17) is 4.74 Å². The summed E-state index contributed by atoms with van der Waals surface area (Å²) in [7, 11) is 0. The topological polar surface area (TPSA) is 38.3 Å². The number of carbonyl (C=O) groups excluding carboxylic acids is 1. The number of hydrogen-bond donors (Lipinski definition) is 1. The molecule has 40 heavy (non-hydrogen) atoms. The molecule has 222 valence electrons. The average molecular weight is 548 g/mol. The molecule has 3 nitrogen and oxygen atoms in total. The Hall–Kier alpha value is -1.77. The summed E-state index contributed by atoms with van der Waals surface area (Å²) in [6, 6.07) is 10.5. The predicted octanol–water partition coefficient (Wildman–Crippen LogP) is 9.76. The Morgan fingerprint density at radius 3 is 2.55 bits per heavy atom. The monoisotopic (exact) mass is 547 g/mol. The summed E-state index contributed by atoms with van der Waals surface area (Å²) in [6.07, 6.45) is 18.6. The predicted molar refractivity (Wildman–Crippen MR) is 166 cm³/mol. The van der Waals surface area contributed by atoms with E-state index >= 15 is 0 Å². The molecule has 0 bridgehead atoms. The van der Waals surface area contributed by atoms with Gasteiger partial charge in [0.05, 0.1) is 0 Å². The van der Waals surface area contributed by atoms with Gasteiger partial charge >= 0.3 is 6.09 Å². The van der Waals surface area contributed by atoms with Crippen molar-refractivity contribution in [3.05, 3.63) is 47.5 Å². The van der Waals surface area contributed by atoms with Crippen LogP contribution in [-0.2, 0) is 11.2 Å². The fourth-order valence-electron chi connectivity index (χ4n) is 10.1. The first-order valence-electron chi connectivity index (χ1n) is 16.9. The number of hydrogen-bond acceptors (Lipinski definition) is 2. The molecule has 0 aliphatic heterocycles. The number of ether oxygens (including phenoxy) is 1. The van der Waals surface area contributed by atoms with Crippen molar-refractivity contribution in [1.82, 2.24) is 5.32 Å². The molecule has 1 N–H and O–H groups in total. The molecule has 1 amide bonds. The molecule has 3 saturated carbocycles. The minimum Gasteiger partial charge on any atom is -0.446 e. The normalized spacial score (nSPS) is 35.8. The van der Waals surface area contributed by atoms with E-state index in [1.807, 2.05) is 6.07 Å². The summed E-state index contributed by atoms with van der Waals surface area (Å²) < 4.78 is 5.96. The molecule has 1 aromatic rings. The quantitative estimate of drug-likeness (QED) is 0.234. The maximum absolute atomic E-state index is 12.6. The molecule has 0 spiro atoms. The molecule has 1 aromatic carbocycles. The second kappa shape index (κ2) is 12.6. The van der Waals surface area contributed by atoms with Gasteiger partial charge in [-0.05, 0) is 110 Å². The number of nitrogens with one attached hydrogen (secondary N) is 1. The minimum atomic E-state index is -0.233. The second-order valence-electron chi connectivity index (χ2n) is 15.1. The fraction of sp³-hybridized carbons (Fsp3) is 0.757. The number of aryl methyl sites for hydroxylation is 1. The Labute approximate surface area is 245 Å². The van der Waals surface area contributed by atoms with Crippen LogP contribution in [0.4, 0.5) is 4.79 Å². The zero-order chi connectivity index (χ0) is 28.3. The van der Waals surface area contributed by atoms with Crippen LogP contribution in [0, 0.1) is 46.3 Å². The van der Waals surface area contributed by atoms with Crippen LogP contribution in [-0.4, -0.2) is 18.7 Å². The molecule has 0 saturated heterocycles. The van der Waals surface area contributed by atoms with E-state index in [9.17, 15) is 4.79 Å². The molecule has 2 unspecified atom stereocenters. The summed E-state index contributed by atoms with van der Waals surface area (Å²) >= 11 is 0. The van der Waals surface area contributed by atoms with E-state index in [-0.39, 0.29) is 12.2 Å². The smallest absolute Gasteiger partial charge is 0.407 e. The lowest BCUT2D eigenvalue weighted by atomic mass is 9.47. The molecule has 0 radical (unpaired) electrons. The molecule has 3 heteroatoms. The number of carbonyl (C=O) groups is 1. The van der Waals surface area contributed by atoms with Crippen LogP contribution in [0.5, 0.6) is 0 Å². The van der Waals surface area contributed by atoms with Gasteiger partial charge in [0.25, 0.3) is 0 Å². The summed E-state index contributed by atoms with van der Waals surface area (Å²) in [5.41, 5.74) is 3.76. The van der Waals surface area contributed by atoms with Crippen LogP contribution in [0.3, 0.4) is 0 Å². The van der Waals surface area contributed by atoms with Crippen molar-refractivity contribution >= 4 is 6.09 Å². The lowest BCUT2D eigenvalue weighted by Crippen LogP contribution is -2.51. The third-order valence-corrected chi connectivity index (χ3v) is 12.3. The van der Waals surface area contributed by atoms with Crippen LogP contribution in [0.1, 0.15) is 117 Å². The van der Waals surface area contributed by atoms with E-state index in [1.54, 1.807) is 5.57 Å². The number of benzene rings is 1. The van der Waals surface area contributed by atoms with Gasteiger partial charge in [0.15, 0.2) is 0 Å². The second-order valence-corrected chi connectivity index (χ2v) is 15.1. The third kappa shape index (κ3) is 6.19. The molecule has 0 aromatic heterocycles. The largest absolute Gasteiger partial charge is 0.446 e. The first-order chi connectivity index (χ1) is 19.2.